The Kier molecular flexibility index (Phi) is 6.31. The molecule has 2 saturated heterocycles. The molecule has 1 unspecified atom stereocenters. The highest BCUT2D eigenvalue weighted by Crippen LogP contribution is 2.21. The van der Waals surface area contributed by atoms with Crippen LogP contribution in [0.15, 0.2) is 30.3 Å². The van der Waals surface area contributed by atoms with Gasteiger partial charge in [-0.15, -0.1) is 0 Å². The van der Waals surface area contributed by atoms with Gasteiger partial charge in [0.1, 0.15) is 5.82 Å². The number of benzene rings is 1. The summed E-state index contributed by atoms with van der Waals surface area (Å²) >= 11 is 0. The van der Waals surface area contributed by atoms with Crippen LogP contribution in [-0.2, 0) is 24.2 Å². The lowest BCUT2D eigenvalue weighted by molar-refractivity contribution is 0.0209. The third-order valence-corrected chi connectivity index (χ3v) is 6.26. The quantitative estimate of drug-likeness (QED) is 0.550. The van der Waals surface area contributed by atoms with Gasteiger partial charge in [0.25, 0.3) is 0 Å². The van der Waals surface area contributed by atoms with E-state index in [0.717, 1.165) is 63.3 Å². The maximum atomic E-state index is 10.6. The van der Waals surface area contributed by atoms with Crippen molar-refractivity contribution >= 4 is 11.8 Å². The molecule has 3 N–H and O–H groups in total. The molecule has 8 heteroatoms. The van der Waals surface area contributed by atoms with Crippen molar-refractivity contribution in [2.24, 2.45) is 0 Å². The van der Waals surface area contributed by atoms with Crippen molar-refractivity contribution in [1.82, 2.24) is 20.2 Å². The van der Waals surface area contributed by atoms with E-state index in [1.807, 2.05) is 6.07 Å². The fraction of sp³-hybridized carbons (Fsp3) is 0.565. The maximum Gasteiger partial charge on any atom is 0.227 e. The Labute approximate surface area is 183 Å². The molecule has 5 rings (SSSR count). The highest BCUT2D eigenvalue weighted by Gasteiger charge is 2.22. The molecule has 0 bridgehead atoms. The lowest BCUT2D eigenvalue weighted by Gasteiger charge is -2.32. The highest BCUT2D eigenvalue weighted by molar-refractivity contribution is 5.46. The number of hydrogen-bond donors (Lipinski definition) is 3. The van der Waals surface area contributed by atoms with E-state index in [2.05, 4.69) is 49.7 Å². The molecular formula is C23H32N6O2. The minimum atomic E-state index is -0.410. The molecule has 31 heavy (non-hydrogen) atoms. The van der Waals surface area contributed by atoms with Crippen molar-refractivity contribution < 1.29 is 9.84 Å². The number of fused-ring (bicyclic) bond motifs is 1. The first kappa shape index (κ1) is 20.6. The lowest BCUT2D eigenvalue weighted by atomic mass is 10.00. The van der Waals surface area contributed by atoms with E-state index in [-0.39, 0.29) is 0 Å². The van der Waals surface area contributed by atoms with E-state index in [9.17, 15) is 5.11 Å². The summed E-state index contributed by atoms with van der Waals surface area (Å²) in [6.45, 7) is 7.23. The smallest absolute Gasteiger partial charge is 0.227 e. The van der Waals surface area contributed by atoms with Crippen LogP contribution in [0.3, 0.4) is 0 Å². The molecule has 2 fully saturated rings. The predicted octanol–water partition coefficient (Wildman–Crippen LogP) is 1.01. The molecule has 1 atom stereocenters. The number of β-amino-alcohol motifs (C(OH)–C–C–N with tert-alkyl or cyclic N) is 1. The number of rotatable bonds is 9. The van der Waals surface area contributed by atoms with Crippen molar-refractivity contribution in [1.29, 1.82) is 0 Å². The number of hydrogen-bond acceptors (Lipinski definition) is 8. The molecule has 166 valence electrons. The summed E-state index contributed by atoms with van der Waals surface area (Å²) < 4.78 is 5.26. The van der Waals surface area contributed by atoms with Crippen molar-refractivity contribution in [3.8, 4) is 0 Å². The molecule has 0 saturated carbocycles. The standard InChI is InChI=1S/C23H32N6O2/c30-21(14-28-9-6-17-4-1-2-5-18(17)13-28)12-24-11-19-10-22(25-20-15-31-16-20)27-23(26-19)29-7-3-8-29/h1-2,4-5,10,20-21,24,30H,3,6-9,11-16H2,(H,25,26,27). The first-order valence-corrected chi connectivity index (χ1v) is 11.4. The zero-order valence-corrected chi connectivity index (χ0v) is 18.0. The van der Waals surface area contributed by atoms with Gasteiger partial charge in [-0.25, -0.2) is 4.98 Å². The van der Waals surface area contributed by atoms with Crippen molar-refractivity contribution in [2.75, 3.05) is 56.2 Å². The molecular weight excluding hydrogens is 392 g/mol. The van der Waals surface area contributed by atoms with Gasteiger partial charge in [0.15, 0.2) is 0 Å². The third-order valence-electron chi connectivity index (χ3n) is 6.26. The summed E-state index contributed by atoms with van der Waals surface area (Å²) in [5.74, 6) is 1.65. The van der Waals surface area contributed by atoms with Gasteiger partial charge in [0, 0.05) is 51.9 Å². The van der Waals surface area contributed by atoms with Crippen LogP contribution < -0.4 is 15.5 Å². The van der Waals surface area contributed by atoms with Crippen LogP contribution in [0.5, 0.6) is 0 Å². The molecule has 0 radical (unpaired) electrons. The van der Waals surface area contributed by atoms with Crippen LogP contribution in [0.1, 0.15) is 23.2 Å². The van der Waals surface area contributed by atoms with E-state index < -0.39 is 6.10 Å². The topological polar surface area (TPSA) is 85.8 Å². The Morgan fingerprint density at radius 1 is 1.13 bits per heavy atom. The van der Waals surface area contributed by atoms with Gasteiger partial charge in [0.2, 0.25) is 5.95 Å². The van der Waals surface area contributed by atoms with Gasteiger partial charge in [-0.05, 0) is 24.0 Å². The van der Waals surface area contributed by atoms with E-state index in [1.165, 1.54) is 17.5 Å². The van der Waals surface area contributed by atoms with Crippen LogP contribution in [-0.4, -0.2) is 78.1 Å². The Balaban J connectivity index is 1.13. The summed E-state index contributed by atoms with van der Waals surface area (Å²) in [6.07, 6.45) is 1.84. The van der Waals surface area contributed by atoms with Gasteiger partial charge in [0.05, 0.1) is 31.1 Å². The Hall–Kier alpha value is -2.26. The molecule has 1 aromatic heterocycles. The van der Waals surface area contributed by atoms with Crippen molar-refractivity contribution in [3.63, 3.8) is 0 Å². The maximum absolute atomic E-state index is 10.6. The molecule has 0 amide bonds. The van der Waals surface area contributed by atoms with Gasteiger partial charge in [-0.3, -0.25) is 4.90 Å². The number of aliphatic hydroxyl groups is 1. The molecule has 4 heterocycles. The summed E-state index contributed by atoms with van der Waals surface area (Å²) in [5, 5.41) is 17.4. The number of ether oxygens (including phenoxy) is 1. The fourth-order valence-electron chi connectivity index (χ4n) is 4.27. The summed E-state index contributed by atoms with van der Waals surface area (Å²) in [4.78, 5) is 14.0. The molecule has 0 aliphatic carbocycles. The lowest BCUT2D eigenvalue weighted by Crippen LogP contribution is -2.42. The average molecular weight is 425 g/mol. The van der Waals surface area contributed by atoms with E-state index in [1.54, 1.807) is 0 Å². The molecule has 2 aromatic rings. The monoisotopic (exact) mass is 424 g/mol. The van der Waals surface area contributed by atoms with Gasteiger partial charge >= 0.3 is 0 Å². The van der Waals surface area contributed by atoms with Crippen LogP contribution in [0, 0.1) is 0 Å². The predicted molar refractivity (Wildman–Crippen MR) is 120 cm³/mol. The van der Waals surface area contributed by atoms with Crippen molar-refractivity contribution in [2.45, 2.75) is 38.1 Å². The second-order valence-electron chi connectivity index (χ2n) is 8.80. The largest absolute Gasteiger partial charge is 0.390 e. The molecule has 3 aliphatic heterocycles. The number of nitrogens with zero attached hydrogens (tertiary/aromatic N) is 4. The van der Waals surface area contributed by atoms with Crippen LogP contribution in [0.4, 0.5) is 11.8 Å². The zero-order valence-electron chi connectivity index (χ0n) is 18.0. The summed E-state index contributed by atoms with van der Waals surface area (Å²) in [6, 6.07) is 10.9. The summed E-state index contributed by atoms with van der Waals surface area (Å²) in [5.41, 5.74) is 3.76. The fourth-order valence-corrected chi connectivity index (χ4v) is 4.27. The van der Waals surface area contributed by atoms with Crippen LogP contribution in [0.2, 0.25) is 0 Å². The third kappa shape index (κ3) is 5.15. The SMILES string of the molecule is OC(CNCc1cc(NC2COC2)nc(N2CCC2)n1)CN1CCc2ccccc2C1. The number of nitrogens with one attached hydrogen (secondary N) is 2. The first-order valence-electron chi connectivity index (χ1n) is 11.4. The zero-order chi connectivity index (χ0) is 21.0. The first-order chi connectivity index (χ1) is 15.2. The minimum absolute atomic E-state index is 0.330. The molecule has 1 aromatic carbocycles. The average Bonchev–Trinajstić information content (AvgIpc) is 2.69. The summed E-state index contributed by atoms with van der Waals surface area (Å²) in [7, 11) is 0. The molecule has 3 aliphatic rings. The van der Waals surface area contributed by atoms with E-state index >= 15 is 0 Å². The van der Waals surface area contributed by atoms with Gasteiger partial charge in [-0.2, -0.15) is 4.98 Å². The van der Waals surface area contributed by atoms with Crippen molar-refractivity contribution in [3.05, 3.63) is 47.2 Å². The Morgan fingerprint density at radius 3 is 2.71 bits per heavy atom. The van der Waals surface area contributed by atoms with Crippen LogP contribution in [0.25, 0.3) is 0 Å². The number of anilines is 2. The van der Waals surface area contributed by atoms with E-state index in [0.29, 0.717) is 25.7 Å². The number of aliphatic hydroxyl groups excluding tert-OH is 1. The van der Waals surface area contributed by atoms with E-state index in [4.69, 9.17) is 9.72 Å². The Morgan fingerprint density at radius 2 is 1.97 bits per heavy atom. The second kappa shape index (κ2) is 9.48. The van der Waals surface area contributed by atoms with Crippen LogP contribution >= 0.6 is 0 Å². The molecule has 8 nitrogen and oxygen atoms in total. The second-order valence-corrected chi connectivity index (χ2v) is 8.80. The van der Waals surface area contributed by atoms with Gasteiger partial charge in [-0.1, -0.05) is 24.3 Å². The minimum Gasteiger partial charge on any atom is -0.390 e. The number of aromatic nitrogens is 2. The van der Waals surface area contributed by atoms with Gasteiger partial charge < -0.3 is 25.4 Å². The normalized spacial score (nSPS) is 20.0. The Bertz CT molecular complexity index is 886. The molecule has 0 spiro atoms. The highest BCUT2D eigenvalue weighted by atomic mass is 16.5.